The summed E-state index contributed by atoms with van der Waals surface area (Å²) in [5.74, 6) is -0.467. The molecule has 1 aliphatic heterocycles. The molecule has 0 aliphatic carbocycles. The molecular formula is C19H20N6O3. The Morgan fingerprint density at radius 3 is 2.93 bits per heavy atom. The van der Waals surface area contributed by atoms with Crippen molar-refractivity contribution in [3.63, 3.8) is 0 Å². The van der Waals surface area contributed by atoms with Gasteiger partial charge in [0.15, 0.2) is 0 Å². The summed E-state index contributed by atoms with van der Waals surface area (Å²) < 4.78 is 6.52. The van der Waals surface area contributed by atoms with Gasteiger partial charge < -0.3 is 14.6 Å². The Balaban J connectivity index is 1.46. The molecule has 1 aliphatic rings. The van der Waals surface area contributed by atoms with Crippen molar-refractivity contribution in [2.24, 2.45) is 5.92 Å². The minimum atomic E-state index is -0.263. The molecule has 0 bridgehead atoms. The summed E-state index contributed by atoms with van der Waals surface area (Å²) in [5.41, 5.74) is 2.90. The molecule has 0 spiro atoms. The molecule has 1 aromatic carbocycles. The number of aromatic nitrogens is 4. The number of aryl methyl sites for hydroxylation is 1. The number of carbonyl (C=O) groups excluding carboxylic acids is 2. The second-order valence-electron chi connectivity index (χ2n) is 6.85. The molecule has 1 saturated heterocycles. The van der Waals surface area contributed by atoms with Crippen molar-refractivity contribution in [3.8, 4) is 5.69 Å². The van der Waals surface area contributed by atoms with E-state index in [2.05, 4.69) is 20.8 Å². The molecule has 9 heteroatoms. The highest BCUT2D eigenvalue weighted by Crippen LogP contribution is 2.23. The number of tetrazole rings is 1. The van der Waals surface area contributed by atoms with Crippen LogP contribution in [0, 0.1) is 12.8 Å². The molecule has 9 nitrogen and oxygen atoms in total. The number of likely N-dealkylation sites (tertiary alicyclic amines) is 1. The lowest BCUT2D eigenvalue weighted by Crippen LogP contribution is -2.43. The van der Waals surface area contributed by atoms with Crippen LogP contribution in [0.2, 0.25) is 0 Å². The third-order valence-corrected chi connectivity index (χ3v) is 4.94. The van der Waals surface area contributed by atoms with E-state index in [0.717, 1.165) is 24.1 Å². The van der Waals surface area contributed by atoms with Gasteiger partial charge in [-0.1, -0.05) is 6.07 Å². The molecule has 1 unspecified atom stereocenters. The van der Waals surface area contributed by atoms with E-state index >= 15 is 0 Å². The second kappa shape index (κ2) is 7.63. The number of amides is 2. The summed E-state index contributed by atoms with van der Waals surface area (Å²) in [5, 5.41) is 14.1. The summed E-state index contributed by atoms with van der Waals surface area (Å²) in [6, 6.07) is 7.26. The molecule has 3 heterocycles. The predicted molar refractivity (Wildman–Crippen MR) is 99.9 cm³/mol. The number of carbonyl (C=O) groups is 2. The average molecular weight is 380 g/mol. The molecule has 0 saturated carbocycles. The number of rotatable bonds is 4. The lowest BCUT2D eigenvalue weighted by Gasteiger charge is -2.32. The van der Waals surface area contributed by atoms with E-state index in [1.54, 1.807) is 11.0 Å². The lowest BCUT2D eigenvalue weighted by atomic mass is 9.96. The summed E-state index contributed by atoms with van der Waals surface area (Å²) >= 11 is 0. The van der Waals surface area contributed by atoms with Crippen molar-refractivity contribution in [2.45, 2.75) is 19.8 Å². The Kier molecular flexibility index (Phi) is 4.88. The molecule has 1 atom stereocenters. The number of piperidine rings is 1. The number of nitrogens with one attached hydrogen (secondary N) is 1. The summed E-state index contributed by atoms with van der Waals surface area (Å²) in [6.07, 6.45) is 5.93. The van der Waals surface area contributed by atoms with Gasteiger partial charge in [-0.3, -0.25) is 9.59 Å². The van der Waals surface area contributed by atoms with Gasteiger partial charge in [-0.25, -0.2) is 4.68 Å². The maximum Gasteiger partial charge on any atom is 0.257 e. The van der Waals surface area contributed by atoms with Gasteiger partial charge in [0.2, 0.25) is 5.91 Å². The Hall–Kier alpha value is -3.49. The summed E-state index contributed by atoms with van der Waals surface area (Å²) in [7, 11) is 0. The number of nitrogens with zero attached hydrogens (tertiary/aromatic N) is 5. The van der Waals surface area contributed by atoms with Gasteiger partial charge in [0.05, 0.1) is 23.4 Å². The first-order valence-corrected chi connectivity index (χ1v) is 9.08. The monoisotopic (exact) mass is 380 g/mol. The van der Waals surface area contributed by atoms with Gasteiger partial charge in [-0.05, 0) is 54.0 Å². The van der Waals surface area contributed by atoms with Crippen LogP contribution in [0.1, 0.15) is 28.8 Å². The van der Waals surface area contributed by atoms with Crippen LogP contribution in [0.3, 0.4) is 0 Å². The van der Waals surface area contributed by atoms with Crippen molar-refractivity contribution in [2.75, 3.05) is 18.4 Å². The highest BCUT2D eigenvalue weighted by Gasteiger charge is 2.29. The van der Waals surface area contributed by atoms with Crippen molar-refractivity contribution < 1.29 is 14.0 Å². The van der Waals surface area contributed by atoms with Crippen molar-refractivity contribution >= 4 is 17.5 Å². The fraction of sp³-hybridized carbons (Fsp3) is 0.316. The Morgan fingerprint density at radius 1 is 1.29 bits per heavy atom. The molecule has 144 valence electrons. The van der Waals surface area contributed by atoms with Crippen molar-refractivity contribution in [1.29, 1.82) is 0 Å². The first-order valence-electron chi connectivity index (χ1n) is 9.08. The fourth-order valence-electron chi connectivity index (χ4n) is 3.35. The minimum absolute atomic E-state index is 0.0957. The number of hydrogen-bond donors (Lipinski definition) is 1. The van der Waals surface area contributed by atoms with Gasteiger partial charge in [-0.2, -0.15) is 0 Å². The molecule has 2 amide bonds. The number of benzene rings is 1. The largest absolute Gasteiger partial charge is 0.472 e. The summed E-state index contributed by atoms with van der Waals surface area (Å²) in [4.78, 5) is 27.1. The van der Waals surface area contributed by atoms with E-state index in [-0.39, 0.29) is 17.7 Å². The van der Waals surface area contributed by atoms with Crippen molar-refractivity contribution in [3.05, 3.63) is 54.2 Å². The van der Waals surface area contributed by atoms with E-state index in [0.29, 0.717) is 24.3 Å². The standard InChI is InChI=1S/C19H20N6O3/c1-13-4-5-16(25-12-20-22-23-25)9-17(13)21-18(26)14-3-2-7-24(10-14)19(27)15-6-8-28-11-15/h4-6,8-9,11-12,14H,2-3,7,10H2,1H3,(H,21,26). The molecule has 1 fully saturated rings. The Bertz CT molecular complexity index is 968. The minimum Gasteiger partial charge on any atom is -0.472 e. The van der Waals surface area contributed by atoms with Crippen LogP contribution in [0.25, 0.3) is 5.69 Å². The van der Waals surface area contributed by atoms with Crippen LogP contribution in [-0.4, -0.2) is 50.0 Å². The van der Waals surface area contributed by atoms with Gasteiger partial charge in [0.1, 0.15) is 12.6 Å². The zero-order valence-electron chi connectivity index (χ0n) is 15.4. The van der Waals surface area contributed by atoms with Gasteiger partial charge >= 0.3 is 0 Å². The van der Waals surface area contributed by atoms with E-state index in [4.69, 9.17) is 4.42 Å². The Labute approximate surface area is 161 Å². The smallest absolute Gasteiger partial charge is 0.257 e. The third-order valence-electron chi connectivity index (χ3n) is 4.94. The zero-order chi connectivity index (χ0) is 19.5. The van der Waals surface area contributed by atoms with Crippen molar-refractivity contribution in [1.82, 2.24) is 25.1 Å². The highest BCUT2D eigenvalue weighted by molar-refractivity contribution is 5.96. The van der Waals surface area contributed by atoms with E-state index in [9.17, 15) is 9.59 Å². The molecule has 3 aromatic rings. The van der Waals surface area contributed by atoms with E-state index in [1.165, 1.54) is 23.5 Å². The average Bonchev–Trinajstić information content (AvgIpc) is 3.43. The van der Waals surface area contributed by atoms with Crippen LogP contribution in [0.4, 0.5) is 5.69 Å². The topological polar surface area (TPSA) is 106 Å². The van der Waals surface area contributed by atoms with Gasteiger partial charge in [0.25, 0.3) is 5.91 Å². The quantitative estimate of drug-likeness (QED) is 0.742. The molecular weight excluding hydrogens is 360 g/mol. The van der Waals surface area contributed by atoms with Crippen LogP contribution in [-0.2, 0) is 4.79 Å². The van der Waals surface area contributed by atoms with Crippen LogP contribution in [0.15, 0.2) is 47.5 Å². The predicted octanol–water partition coefficient (Wildman–Crippen LogP) is 2.05. The summed E-state index contributed by atoms with van der Waals surface area (Å²) in [6.45, 7) is 2.96. The lowest BCUT2D eigenvalue weighted by molar-refractivity contribution is -0.121. The van der Waals surface area contributed by atoms with Gasteiger partial charge in [0, 0.05) is 18.8 Å². The van der Waals surface area contributed by atoms with Crippen LogP contribution >= 0.6 is 0 Å². The number of furan rings is 1. The SMILES string of the molecule is Cc1ccc(-n2cnnn2)cc1NC(=O)C1CCCN(C(=O)c2ccoc2)C1. The van der Waals surface area contributed by atoms with Crippen LogP contribution < -0.4 is 5.32 Å². The molecule has 1 N–H and O–H groups in total. The first kappa shape index (κ1) is 17.9. The first-order chi connectivity index (χ1) is 13.6. The van der Waals surface area contributed by atoms with Crippen LogP contribution in [0.5, 0.6) is 0 Å². The number of anilines is 1. The maximum atomic E-state index is 12.9. The molecule has 28 heavy (non-hydrogen) atoms. The maximum absolute atomic E-state index is 12.9. The van der Waals surface area contributed by atoms with E-state index < -0.39 is 0 Å². The highest BCUT2D eigenvalue weighted by atomic mass is 16.3. The Morgan fingerprint density at radius 2 is 2.18 bits per heavy atom. The van der Waals surface area contributed by atoms with E-state index in [1.807, 2.05) is 25.1 Å². The number of hydrogen-bond acceptors (Lipinski definition) is 6. The molecule has 0 radical (unpaired) electrons. The fourth-order valence-corrected chi connectivity index (χ4v) is 3.35. The normalized spacial score (nSPS) is 16.8. The van der Waals surface area contributed by atoms with Gasteiger partial charge in [-0.15, -0.1) is 5.10 Å². The third kappa shape index (κ3) is 3.64. The zero-order valence-corrected chi connectivity index (χ0v) is 15.4. The molecule has 2 aromatic heterocycles. The second-order valence-corrected chi connectivity index (χ2v) is 6.85. The molecule has 4 rings (SSSR count).